The molecule has 3 heteroatoms. The molecule has 0 aromatic carbocycles. The average molecular weight is 91.5 g/mol. The van der Waals surface area contributed by atoms with Gasteiger partial charge in [0.15, 0.2) is 0 Å². The minimum Gasteiger partial charge on any atom is -0.253 e. The molecular formula is C2H2ClNO. The van der Waals surface area contributed by atoms with Gasteiger partial charge < -0.3 is 0 Å². The zero-order valence-corrected chi connectivity index (χ0v) is 3.20. The van der Waals surface area contributed by atoms with Crippen molar-refractivity contribution in [3.05, 3.63) is 0 Å². The summed E-state index contributed by atoms with van der Waals surface area (Å²) in [5.74, 6) is 0. The first-order chi connectivity index (χ1) is 2.27. The van der Waals surface area contributed by atoms with E-state index in [0.717, 1.165) is 0 Å². The maximum Gasteiger partial charge on any atom is 0.339 e. The van der Waals surface area contributed by atoms with E-state index >= 15 is 0 Å². The SMILES string of the molecule is C=NC(=O)Cl. The van der Waals surface area contributed by atoms with Crippen LogP contribution in [0.5, 0.6) is 0 Å². The fourth-order valence-electron chi connectivity index (χ4n) is 0. The lowest BCUT2D eigenvalue weighted by atomic mass is 11.3. The van der Waals surface area contributed by atoms with Crippen molar-refractivity contribution in [2.45, 2.75) is 0 Å². The molecule has 0 saturated carbocycles. The van der Waals surface area contributed by atoms with Crippen LogP contribution in [0.4, 0.5) is 4.79 Å². The smallest absolute Gasteiger partial charge is 0.253 e. The van der Waals surface area contributed by atoms with Crippen molar-refractivity contribution in [3.8, 4) is 0 Å². The minimum absolute atomic E-state index is 0.759. The highest BCUT2D eigenvalue weighted by Crippen LogP contribution is 1.78. The fourth-order valence-corrected chi connectivity index (χ4v) is 0. The van der Waals surface area contributed by atoms with Crippen LogP contribution < -0.4 is 0 Å². The summed E-state index contributed by atoms with van der Waals surface area (Å²) in [6, 6.07) is 0. The summed E-state index contributed by atoms with van der Waals surface area (Å²) in [7, 11) is 0. The molecular weight excluding hydrogens is 89.5 g/mol. The molecule has 2 nitrogen and oxygen atoms in total. The molecule has 0 fully saturated rings. The summed E-state index contributed by atoms with van der Waals surface area (Å²) in [6.45, 7) is 2.83. The number of amides is 1. The van der Waals surface area contributed by atoms with Crippen LogP contribution in [0.3, 0.4) is 0 Å². The predicted octanol–water partition coefficient (Wildman–Crippen LogP) is 1.05. The molecule has 28 valence electrons. The number of rotatable bonds is 0. The van der Waals surface area contributed by atoms with Gasteiger partial charge in [0.25, 0.3) is 0 Å². The molecule has 0 radical (unpaired) electrons. The highest BCUT2D eigenvalue weighted by Gasteiger charge is 1.75. The second kappa shape index (κ2) is 1.91. The summed E-state index contributed by atoms with van der Waals surface area (Å²) in [6.07, 6.45) is 0. The van der Waals surface area contributed by atoms with Gasteiger partial charge in [0.2, 0.25) is 0 Å². The Morgan fingerprint density at radius 2 is 2.20 bits per heavy atom. The largest absolute Gasteiger partial charge is 0.339 e. The van der Waals surface area contributed by atoms with E-state index in [9.17, 15) is 4.79 Å². The number of hydrogen-bond acceptors (Lipinski definition) is 1. The maximum absolute atomic E-state index is 9.35. The molecule has 0 atom stereocenters. The quantitative estimate of drug-likeness (QED) is 0.249. The second-order valence-electron chi connectivity index (χ2n) is 0.411. The Hall–Kier alpha value is -0.370. The van der Waals surface area contributed by atoms with Gasteiger partial charge in [-0.25, -0.2) is 4.99 Å². The van der Waals surface area contributed by atoms with Crippen molar-refractivity contribution in [1.82, 2.24) is 0 Å². The van der Waals surface area contributed by atoms with E-state index in [1.165, 1.54) is 0 Å². The van der Waals surface area contributed by atoms with Crippen LogP contribution in [0.2, 0.25) is 0 Å². The van der Waals surface area contributed by atoms with Crippen molar-refractivity contribution in [2.75, 3.05) is 0 Å². The van der Waals surface area contributed by atoms with Crippen LogP contribution in [0, 0.1) is 0 Å². The average Bonchev–Trinajstić information content (AvgIpc) is 1.38. The van der Waals surface area contributed by atoms with E-state index in [1.54, 1.807) is 0 Å². The van der Waals surface area contributed by atoms with Gasteiger partial charge in [-0.2, -0.15) is 0 Å². The number of nitrogens with zero attached hydrogens (tertiary/aromatic N) is 1. The number of hydrogen-bond donors (Lipinski definition) is 0. The molecule has 0 spiro atoms. The first-order valence-corrected chi connectivity index (χ1v) is 1.31. The van der Waals surface area contributed by atoms with Gasteiger partial charge in [-0.1, -0.05) is 0 Å². The van der Waals surface area contributed by atoms with Gasteiger partial charge in [0.1, 0.15) is 0 Å². The Labute approximate surface area is 34.5 Å². The minimum atomic E-state index is -0.759. The molecule has 0 N–H and O–H groups in total. The van der Waals surface area contributed by atoms with E-state index in [0.29, 0.717) is 0 Å². The number of halogens is 1. The van der Waals surface area contributed by atoms with Gasteiger partial charge in [-0.15, -0.1) is 0 Å². The third kappa shape index (κ3) is 3.63. The van der Waals surface area contributed by atoms with Gasteiger partial charge in [0, 0.05) is 0 Å². The lowest BCUT2D eigenvalue weighted by Gasteiger charge is -1.60. The third-order valence-electron chi connectivity index (χ3n) is 0.124. The number of aliphatic imine (C=N–C) groups is 1. The summed E-state index contributed by atoms with van der Waals surface area (Å²) < 4.78 is 0. The lowest BCUT2D eigenvalue weighted by Crippen LogP contribution is -1.63. The Balaban J connectivity index is 3.20. The normalized spacial score (nSPS) is 6.60. The molecule has 0 aliphatic rings. The molecule has 0 saturated heterocycles. The summed E-state index contributed by atoms with van der Waals surface area (Å²) in [4.78, 5) is 12.1. The third-order valence-corrected chi connectivity index (χ3v) is 0.244. The highest BCUT2D eigenvalue weighted by atomic mass is 35.5. The molecule has 0 bridgehead atoms. The Bertz CT molecular complexity index is 60.7. The van der Waals surface area contributed by atoms with E-state index < -0.39 is 5.37 Å². The molecule has 5 heavy (non-hydrogen) atoms. The van der Waals surface area contributed by atoms with E-state index in [-0.39, 0.29) is 0 Å². The molecule has 0 heterocycles. The molecule has 1 amide bonds. The standard InChI is InChI=1S/C2H2ClNO/c1-4-2(3)5/h1H2. The molecule has 0 aliphatic carbocycles. The maximum atomic E-state index is 9.35. The lowest BCUT2D eigenvalue weighted by molar-refractivity contribution is 0.267. The second-order valence-corrected chi connectivity index (χ2v) is 0.734. The van der Waals surface area contributed by atoms with Crippen molar-refractivity contribution in [2.24, 2.45) is 4.99 Å². The van der Waals surface area contributed by atoms with Gasteiger partial charge in [-0.3, -0.25) is 4.79 Å². The molecule has 0 aliphatic heterocycles. The first kappa shape index (κ1) is 4.63. The van der Waals surface area contributed by atoms with E-state index in [4.69, 9.17) is 0 Å². The number of carbonyl (C=O) groups is 1. The fraction of sp³-hybridized carbons (Fsp3) is 0. The van der Waals surface area contributed by atoms with E-state index in [2.05, 4.69) is 23.3 Å². The van der Waals surface area contributed by atoms with Crippen LogP contribution in [0.15, 0.2) is 4.99 Å². The first-order valence-electron chi connectivity index (χ1n) is 0.933. The van der Waals surface area contributed by atoms with Gasteiger partial charge in [-0.05, 0) is 18.3 Å². The zero-order valence-electron chi connectivity index (χ0n) is 2.44. The summed E-state index contributed by atoms with van der Waals surface area (Å²) in [5, 5.41) is -0.759. The Morgan fingerprint density at radius 1 is 2.00 bits per heavy atom. The van der Waals surface area contributed by atoms with Crippen molar-refractivity contribution in [1.29, 1.82) is 0 Å². The van der Waals surface area contributed by atoms with Crippen LogP contribution in [-0.4, -0.2) is 12.1 Å². The van der Waals surface area contributed by atoms with Crippen LogP contribution in [0.25, 0.3) is 0 Å². The van der Waals surface area contributed by atoms with Crippen LogP contribution >= 0.6 is 11.6 Å². The highest BCUT2D eigenvalue weighted by molar-refractivity contribution is 6.63. The molecule has 0 rings (SSSR count). The van der Waals surface area contributed by atoms with Crippen molar-refractivity contribution < 1.29 is 4.79 Å². The van der Waals surface area contributed by atoms with Gasteiger partial charge in [0.05, 0.1) is 0 Å². The predicted molar refractivity (Wildman–Crippen MR) is 20.8 cm³/mol. The summed E-state index contributed by atoms with van der Waals surface area (Å²) >= 11 is 4.59. The monoisotopic (exact) mass is 91.0 g/mol. The van der Waals surface area contributed by atoms with Crippen molar-refractivity contribution in [3.63, 3.8) is 0 Å². The summed E-state index contributed by atoms with van der Waals surface area (Å²) in [5.41, 5.74) is 0. The van der Waals surface area contributed by atoms with Crippen LogP contribution in [-0.2, 0) is 0 Å². The van der Waals surface area contributed by atoms with E-state index in [1.807, 2.05) is 0 Å². The Morgan fingerprint density at radius 3 is 2.20 bits per heavy atom. The number of carbonyl (C=O) groups excluding carboxylic acids is 1. The molecule has 0 aromatic rings. The zero-order chi connectivity index (χ0) is 4.28. The van der Waals surface area contributed by atoms with Crippen LogP contribution in [0.1, 0.15) is 0 Å². The Kier molecular flexibility index (Phi) is 1.76. The van der Waals surface area contributed by atoms with Crippen molar-refractivity contribution >= 4 is 23.7 Å². The molecule has 0 aromatic heterocycles. The topological polar surface area (TPSA) is 29.4 Å². The van der Waals surface area contributed by atoms with Gasteiger partial charge >= 0.3 is 5.37 Å². The molecule has 0 unspecified atom stereocenters.